The first-order valence-electron chi connectivity index (χ1n) is 9.68. The van der Waals surface area contributed by atoms with Crippen LogP contribution in [-0.4, -0.2) is 54.2 Å². The Balaban J connectivity index is 2.97. The van der Waals surface area contributed by atoms with Gasteiger partial charge in [-0.05, 0) is 64.1 Å². The lowest BCUT2D eigenvalue weighted by atomic mass is 9.82. The van der Waals surface area contributed by atoms with Crippen molar-refractivity contribution in [2.45, 2.75) is 84.5 Å². The highest BCUT2D eigenvalue weighted by Gasteiger charge is 2.47. The van der Waals surface area contributed by atoms with E-state index in [4.69, 9.17) is 10.2 Å². The summed E-state index contributed by atoms with van der Waals surface area (Å²) >= 11 is 0. The van der Waals surface area contributed by atoms with E-state index in [0.29, 0.717) is 19.4 Å². The molecule has 1 aliphatic rings. The van der Waals surface area contributed by atoms with Gasteiger partial charge in [0, 0.05) is 24.1 Å². The Morgan fingerprint density at radius 1 is 1.30 bits per heavy atom. The normalized spacial score (nSPS) is 24.9. The Morgan fingerprint density at radius 3 is 2.26 bits per heavy atom. The smallest absolute Gasteiger partial charge is 0.407 e. The lowest BCUT2D eigenvalue weighted by Gasteiger charge is -2.40. The van der Waals surface area contributed by atoms with Gasteiger partial charge in [0.2, 0.25) is 0 Å². The third-order valence-corrected chi connectivity index (χ3v) is 10.8. The average Bonchev–Trinajstić information content (AvgIpc) is 2.92. The Hall–Kier alpha value is -1.28. The van der Waals surface area contributed by atoms with Crippen LogP contribution in [0.4, 0.5) is 4.79 Å². The summed E-state index contributed by atoms with van der Waals surface area (Å²) < 4.78 is 6.37. The van der Waals surface area contributed by atoms with E-state index in [1.165, 1.54) is 4.90 Å². The number of amides is 1. The number of carbonyl (C=O) groups is 1. The molecule has 0 aliphatic heterocycles. The van der Waals surface area contributed by atoms with E-state index in [2.05, 4.69) is 39.0 Å². The van der Waals surface area contributed by atoms with Crippen molar-refractivity contribution in [1.29, 1.82) is 0 Å². The van der Waals surface area contributed by atoms with Crippen LogP contribution in [0.2, 0.25) is 18.1 Å². The highest BCUT2D eigenvalue weighted by molar-refractivity contribution is 6.74. The third kappa shape index (κ3) is 5.60. The minimum Gasteiger partial charge on any atom is -0.465 e. The van der Waals surface area contributed by atoms with Crippen molar-refractivity contribution in [3.8, 4) is 0 Å². The van der Waals surface area contributed by atoms with Crippen LogP contribution in [0, 0.1) is 11.3 Å². The molecule has 0 saturated heterocycles. The summed E-state index contributed by atoms with van der Waals surface area (Å²) in [6.45, 7) is 17.5. The summed E-state index contributed by atoms with van der Waals surface area (Å²) in [4.78, 5) is 13.2. The number of nitrogens with zero attached hydrogens (tertiary/aromatic N) is 2. The van der Waals surface area contributed by atoms with E-state index in [-0.39, 0.29) is 23.3 Å². The lowest BCUT2D eigenvalue weighted by molar-refractivity contribution is 0.0779. The lowest BCUT2D eigenvalue weighted by Crippen LogP contribution is -2.53. The Bertz CT molecular complexity index is 566. The fourth-order valence-electron chi connectivity index (χ4n) is 3.38. The summed E-state index contributed by atoms with van der Waals surface area (Å²) in [6.07, 6.45) is 1.24. The summed E-state index contributed by atoms with van der Waals surface area (Å²) in [5.41, 5.74) is 4.85. The minimum absolute atomic E-state index is 0.118. The van der Waals surface area contributed by atoms with Gasteiger partial charge in [0.05, 0.1) is 0 Å². The first-order chi connectivity index (χ1) is 12.1. The van der Waals surface area contributed by atoms with Crippen molar-refractivity contribution in [1.82, 2.24) is 4.90 Å². The molecule has 0 aromatic rings. The minimum atomic E-state index is -1.85. The van der Waals surface area contributed by atoms with Gasteiger partial charge in [0.25, 0.3) is 0 Å². The van der Waals surface area contributed by atoms with Crippen LogP contribution < -0.4 is 5.73 Å². The molecule has 0 bridgehead atoms. The van der Waals surface area contributed by atoms with Crippen LogP contribution in [0.3, 0.4) is 0 Å². The zero-order chi connectivity index (χ0) is 21.3. The quantitative estimate of drug-likeness (QED) is 0.202. The van der Waals surface area contributed by atoms with Crippen LogP contribution >= 0.6 is 0 Å². The molecule has 158 valence electrons. The van der Waals surface area contributed by atoms with Crippen molar-refractivity contribution in [2.24, 2.45) is 22.2 Å². The van der Waals surface area contributed by atoms with E-state index in [1.807, 2.05) is 20.8 Å². The summed E-state index contributed by atoms with van der Waals surface area (Å²) in [5.74, 6) is 0.392. The molecule has 1 fully saturated rings. The van der Waals surface area contributed by atoms with Crippen LogP contribution in [0.25, 0.3) is 0 Å². The molecular weight excluding hydrogens is 362 g/mol. The van der Waals surface area contributed by atoms with Gasteiger partial charge < -0.3 is 25.4 Å². The second kappa shape index (κ2) is 7.99. The van der Waals surface area contributed by atoms with Crippen LogP contribution in [0.15, 0.2) is 5.16 Å². The van der Waals surface area contributed by atoms with Crippen LogP contribution in [0.1, 0.15) is 60.8 Å². The molecule has 8 heteroatoms. The maximum absolute atomic E-state index is 11.8. The van der Waals surface area contributed by atoms with E-state index in [9.17, 15) is 15.1 Å². The summed E-state index contributed by atoms with van der Waals surface area (Å²) in [7, 11) is -1.85. The number of nitrogens with two attached hydrogens (primary N) is 1. The van der Waals surface area contributed by atoms with Crippen LogP contribution in [-0.2, 0) is 4.43 Å². The molecule has 0 aromatic heterocycles. The molecule has 0 unspecified atom stereocenters. The summed E-state index contributed by atoms with van der Waals surface area (Å²) in [6, 6.07) is 0. The standard InChI is InChI=1S/C19H39N3O4Si/c1-17(2,3)22(16(23)24)13-19(15(20)21-25)10-9-14(11-19)12-26-27(7,8)18(4,5)6/h14,25H,9-13H2,1-8H3,(H2,20,21)(H,23,24)/t14-,19+/m1/s1. The Morgan fingerprint density at radius 2 is 1.85 bits per heavy atom. The van der Waals surface area contributed by atoms with Crippen molar-refractivity contribution < 1.29 is 19.5 Å². The Kier molecular flexibility index (Phi) is 7.03. The molecule has 1 aliphatic carbocycles. The second-order valence-corrected chi connectivity index (χ2v) is 15.3. The molecule has 1 amide bonds. The van der Waals surface area contributed by atoms with Gasteiger partial charge in [0.15, 0.2) is 8.32 Å². The largest absolute Gasteiger partial charge is 0.465 e. The molecule has 0 spiro atoms. The van der Waals surface area contributed by atoms with E-state index in [0.717, 1.165) is 6.42 Å². The molecule has 0 aromatic carbocycles. The predicted octanol–water partition coefficient (Wildman–Crippen LogP) is 4.32. The monoisotopic (exact) mass is 401 g/mol. The SMILES string of the molecule is CC(C)(C)N(C[C@]1(C(N)=NO)CC[C@@H](CO[Si](C)(C)C(C)(C)C)C1)C(=O)O. The maximum Gasteiger partial charge on any atom is 0.407 e. The molecule has 1 rings (SSSR count). The van der Waals surface area contributed by atoms with E-state index >= 15 is 0 Å². The zero-order valence-electron chi connectivity index (χ0n) is 18.3. The Labute approximate surface area is 165 Å². The molecule has 0 heterocycles. The van der Waals surface area contributed by atoms with E-state index < -0.39 is 25.4 Å². The number of oxime groups is 1. The predicted molar refractivity (Wildman–Crippen MR) is 111 cm³/mol. The van der Waals surface area contributed by atoms with Gasteiger partial charge in [-0.3, -0.25) is 0 Å². The fourth-order valence-corrected chi connectivity index (χ4v) is 4.47. The highest BCUT2D eigenvalue weighted by atomic mass is 28.4. The van der Waals surface area contributed by atoms with Gasteiger partial charge in [-0.2, -0.15) is 0 Å². The van der Waals surface area contributed by atoms with Gasteiger partial charge >= 0.3 is 6.09 Å². The summed E-state index contributed by atoms with van der Waals surface area (Å²) in [5, 5.41) is 22.4. The van der Waals surface area contributed by atoms with E-state index in [1.54, 1.807) is 0 Å². The molecule has 0 radical (unpaired) electrons. The van der Waals surface area contributed by atoms with Gasteiger partial charge in [-0.1, -0.05) is 25.9 Å². The third-order valence-electron chi connectivity index (χ3n) is 6.35. The number of amidine groups is 1. The number of hydrogen-bond donors (Lipinski definition) is 3. The molecule has 2 atom stereocenters. The number of carboxylic acid groups (broad SMARTS) is 1. The molecular formula is C19H39N3O4Si. The van der Waals surface area contributed by atoms with Crippen molar-refractivity contribution in [3.05, 3.63) is 0 Å². The molecule has 27 heavy (non-hydrogen) atoms. The molecule has 4 N–H and O–H groups in total. The zero-order valence-corrected chi connectivity index (χ0v) is 19.3. The van der Waals surface area contributed by atoms with Crippen molar-refractivity contribution in [2.75, 3.05) is 13.2 Å². The van der Waals surface area contributed by atoms with Gasteiger partial charge in [0.1, 0.15) is 5.84 Å². The number of hydrogen-bond acceptors (Lipinski definition) is 4. The topological polar surface area (TPSA) is 108 Å². The van der Waals surface area contributed by atoms with Crippen LogP contribution in [0.5, 0.6) is 0 Å². The van der Waals surface area contributed by atoms with Gasteiger partial charge in [-0.25, -0.2) is 4.79 Å². The molecule has 1 saturated carbocycles. The van der Waals surface area contributed by atoms with Gasteiger partial charge in [-0.15, -0.1) is 0 Å². The fraction of sp³-hybridized carbons (Fsp3) is 0.895. The van der Waals surface area contributed by atoms with Crippen molar-refractivity contribution in [3.63, 3.8) is 0 Å². The average molecular weight is 402 g/mol. The van der Waals surface area contributed by atoms with Crippen molar-refractivity contribution >= 4 is 20.2 Å². The second-order valence-electron chi connectivity index (χ2n) is 10.5. The maximum atomic E-state index is 11.8. The number of rotatable bonds is 6. The first kappa shape index (κ1) is 23.8. The highest BCUT2D eigenvalue weighted by Crippen LogP contribution is 2.45. The molecule has 7 nitrogen and oxygen atoms in total. The first-order valence-corrected chi connectivity index (χ1v) is 12.6.